The van der Waals surface area contributed by atoms with Gasteiger partial charge in [0.1, 0.15) is 0 Å². The Labute approximate surface area is 110 Å². The average Bonchev–Trinajstić information content (AvgIpc) is 2.40. The molecule has 1 N–H and O–H groups in total. The molecule has 0 spiro atoms. The molecular formula is C14H27NO3. The van der Waals surface area contributed by atoms with Gasteiger partial charge in [0.05, 0.1) is 7.11 Å². The van der Waals surface area contributed by atoms with Crippen LogP contribution >= 0.6 is 0 Å². The molecule has 4 heteroatoms. The molecule has 0 radical (unpaired) electrons. The van der Waals surface area contributed by atoms with E-state index >= 15 is 0 Å². The molecule has 0 saturated heterocycles. The molecule has 0 saturated carbocycles. The third-order valence-corrected chi connectivity index (χ3v) is 3.04. The second-order valence-corrected chi connectivity index (χ2v) is 4.58. The summed E-state index contributed by atoms with van der Waals surface area (Å²) in [4.78, 5) is 21.8. The quantitative estimate of drug-likeness (QED) is 0.457. The van der Waals surface area contributed by atoms with Gasteiger partial charge in [-0.3, -0.25) is 9.59 Å². The Balaban J connectivity index is 3.07. The topological polar surface area (TPSA) is 55.4 Å². The van der Waals surface area contributed by atoms with Crippen LogP contribution in [0, 0.1) is 0 Å². The zero-order valence-corrected chi connectivity index (χ0v) is 11.8. The first-order valence-corrected chi connectivity index (χ1v) is 6.98. The maximum atomic E-state index is 10.9. The summed E-state index contributed by atoms with van der Waals surface area (Å²) in [5, 5.41) is 2.63. The Morgan fingerprint density at radius 3 is 1.72 bits per heavy atom. The van der Waals surface area contributed by atoms with Crippen molar-refractivity contribution in [3.8, 4) is 0 Å². The largest absolute Gasteiger partial charge is 0.469 e. The summed E-state index contributed by atoms with van der Waals surface area (Å²) < 4.78 is 4.58. The zero-order chi connectivity index (χ0) is 13.6. The normalized spacial score (nSPS) is 10.1. The average molecular weight is 257 g/mol. The van der Waals surface area contributed by atoms with Gasteiger partial charge in [0.2, 0.25) is 5.91 Å². The summed E-state index contributed by atoms with van der Waals surface area (Å²) in [6.07, 6.45) is 10.2. The van der Waals surface area contributed by atoms with E-state index in [1.165, 1.54) is 32.8 Å². The van der Waals surface area contributed by atoms with Crippen LogP contribution in [0.15, 0.2) is 0 Å². The molecule has 18 heavy (non-hydrogen) atoms. The van der Waals surface area contributed by atoms with Crippen molar-refractivity contribution in [3.63, 3.8) is 0 Å². The van der Waals surface area contributed by atoms with E-state index in [1.807, 2.05) is 0 Å². The summed E-state index contributed by atoms with van der Waals surface area (Å²) in [5.74, 6) is 0.0296. The number of rotatable bonds is 11. The molecule has 0 aromatic heterocycles. The number of methoxy groups -OCH3 is 1. The molecule has 0 heterocycles. The van der Waals surface area contributed by atoms with Gasteiger partial charge in [0, 0.05) is 19.9 Å². The highest BCUT2D eigenvalue weighted by Crippen LogP contribution is 2.10. The third kappa shape index (κ3) is 11.4. The van der Waals surface area contributed by atoms with Crippen molar-refractivity contribution in [1.82, 2.24) is 5.32 Å². The molecule has 0 aromatic carbocycles. The maximum Gasteiger partial charge on any atom is 0.305 e. The van der Waals surface area contributed by atoms with Crippen molar-refractivity contribution < 1.29 is 14.3 Å². The lowest BCUT2D eigenvalue weighted by Crippen LogP contribution is -2.16. The molecular weight excluding hydrogens is 230 g/mol. The van der Waals surface area contributed by atoms with Crippen LogP contribution in [-0.2, 0) is 14.3 Å². The number of unbranched alkanes of at least 4 members (excludes halogenated alkanes) is 7. The monoisotopic (exact) mass is 257 g/mol. The SMILES string of the molecule is CNC(=O)CCCCCCCCCCC(=O)OC. The van der Waals surface area contributed by atoms with Gasteiger partial charge in [0.25, 0.3) is 0 Å². The lowest BCUT2D eigenvalue weighted by molar-refractivity contribution is -0.140. The highest BCUT2D eigenvalue weighted by atomic mass is 16.5. The molecule has 0 fully saturated rings. The van der Waals surface area contributed by atoms with Gasteiger partial charge in [-0.15, -0.1) is 0 Å². The predicted molar refractivity (Wildman–Crippen MR) is 72.3 cm³/mol. The first-order chi connectivity index (χ1) is 8.70. The first kappa shape index (κ1) is 16.9. The molecule has 0 rings (SSSR count). The maximum absolute atomic E-state index is 10.9. The second-order valence-electron chi connectivity index (χ2n) is 4.58. The fraction of sp³-hybridized carbons (Fsp3) is 0.857. The summed E-state index contributed by atoms with van der Waals surface area (Å²) in [6, 6.07) is 0. The number of hydrogen-bond acceptors (Lipinski definition) is 3. The standard InChI is InChI=1S/C14H27NO3/c1-15-13(16)11-9-7-5-3-4-6-8-10-12-14(17)18-2/h3-12H2,1-2H3,(H,15,16). The van der Waals surface area contributed by atoms with E-state index in [0.29, 0.717) is 12.8 Å². The Hall–Kier alpha value is -1.06. The van der Waals surface area contributed by atoms with Gasteiger partial charge in [-0.2, -0.15) is 0 Å². The summed E-state index contributed by atoms with van der Waals surface area (Å²) in [6.45, 7) is 0. The van der Waals surface area contributed by atoms with Crippen molar-refractivity contribution in [1.29, 1.82) is 0 Å². The van der Waals surface area contributed by atoms with Crippen LogP contribution in [0.5, 0.6) is 0 Å². The summed E-state index contributed by atoms with van der Waals surface area (Å²) in [5.41, 5.74) is 0. The summed E-state index contributed by atoms with van der Waals surface area (Å²) >= 11 is 0. The van der Waals surface area contributed by atoms with Crippen LogP contribution in [0.3, 0.4) is 0 Å². The van der Waals surface area contributed by atoms with Crippen molar-refractivity contribution in [2.45, 2.75) is 64.2 Å². The molecule has 0 atom stereocenters. The molecule has 0 aromatic rings. The zero-order valence-electron chi connectivity index (χ0n) is 11.8. The van der Waals surface area contributed by atoms with Gasteiger partial charge in [0.15, 0.2) is 0 Å². The third-order valence-electron chi connectivity index (χ3n) is 3.04. The lowest BCUT2D eigenvalue weighted by atomic mass is 10.1. The van der Waals surface area contributed by atoms with Gasteiger partial charge >= 0.3 is 5.97 Å². The molecule has 1 amide bonds. The molecule has 0 aliphatic rings. The predicted octanol–water partition coefficient (Wildman–Crippen LogP) is 2.81. The number of amides is 1. The van der Waals surface area contributed by atoms with Crippen LogP contribution in [0.2, 0.25) is 0 Å². The summed E-state index contributed by atoms with van der Waals surface area (Å²) in [7, 11) is 3.11. The van der Waals surface area contributed by atoms with Gasteiger partial charge < -0.3 is 10.1 Å². The molecule has 4 nitrogen and oxygen atoms in total. The van der Waals surface area contributed by atoms with E-state index < -0.39 is 0 Å². The van der Waals surface area contributed by atoms with E-state index in [1.54, 1.807) is 7.05 Å². The molecule has 0 aliphatic heterocycles. The van der Waals surface area contributed by atoms with Crippen LogP contribution in [0.4, 0.5) is 0 Å². The Kier molecular flexibility index (Phi) is 11.7. The molecule has 106 valence electrons. The van der Waals surface area contributed by atoms with E-state index in [-0.39, 0.29) is 11.9 Å². The van der Waals surface area contributed by atoms with Crippen molar-refractivity contribution in [2.24, 2.45) is 0 Å². The highest BCUT2D eigenvalue weighted by molar-refractivity contribution is 5.75. The smallest absolute Gasteiger partial charge is 0.305 e. The number of nitrogens with one attached hydrogen (secondary N) is 1. The van der Waals surface area contributed by atoms with Gasteiger partial charge in [-0.05, 0) is 12.8 Å². The van der Waals surface area contributed by atoms with Crippen molar-refractivity contribution >= 4 is 11.9 Å². The van der Waals surface area contributed by atoms with E-state index in [9.17, 15) is 9.59 Å². The van der Waals surface area contributed by atoms with Crippen molar-refractivity contribution in [3.05, 3.63) is 0 Å². The van der Waals surface area contributed by atoms with E-state index in [2.05, 4.69) is 10.1 Å². The van der Waals surface area contributed by atoms with Crippen LogP contribution < -0.4 is 5.32 Å². The van der Waals surface area contributed by atoms with Gasteiger partial charge in [-0.25, -0.2) is 0 Å². The van der Waals surface area contributed by atoms with E-state index in [4.69, 9.17) is 0 Å². The Bertz CT molecular complexity index is 205. The number of esters is 1. The fourth-order valence-corrected chi connectivity index (χ4v) is 1.84. The van der Waals surface area contributed by atoms with Gasteiger partial charge in [-0.1, -0.05) is 38.5 Å². The van der Waals surface area contributed by atoms with Crippen molar-refractivity contribution in [2.75, 3.05) is 14.2 Å². The highest BCUT2D eigenvalue weighted by Gasteiger charge is 1.99. The van der Waals surface area contributed by atoms with Crippen LogP contribution in [0.25, 0.3) is 0 Å². The minimum atomic E-state index is -0.107. The number of ether oxygens (including phenoxy) is 1. The molecule has 0 unspecified atom stereocenters. The van der Waals surface area contributed by atoms with Crippen LogP contribution in [-0.4, -0.2) is 26.0 Å². The minimum Gasteiger partial charge on any atom is -0.469 e. The first-order valence-electron chi connectivity index (χ1n) is 6.98. The second kappa shape index (κ2) is 12.4. The minimum absolute atomic E-state index is 0.107. The van der Waals surface area contributed by atoms with Crippen LogP contribution in [0.1, 0.15) is 64.2 Å². The Morgan fingerprint density at radius 2 is 1.28 bits per heavy atom. The number of hydrogen-bond donors (Lipinski definition) is 1. The Morgan fingerprint density at radius 1 is 0.833 bits per heavy atom. The lowest BCUT2D eigenvalue weighted by Gasteiger charge is -2.02. The van der Waals surface area contributed by atoms with E-state index in [0.717, 1.165) is 25.7 Å². The fourth-order valence-electron chi connectivity index (χ4n) is 1.84. The molecule has 0 bridgehead atoms. The number of carbonyl (C=O) groups is 2. The molecule has 0 aliphatic carbocycles. The number of carbonyl (C=O) groups excluding carboxylic acids is 2.